The van der Waals surface area contributed by atoms with Gasteiger partial charge in [0.1, 0.15) is 17.5 Å². The van der Waals surface area contributed by atoms with Crippen LogP contribution in [0, 0.1) is 0 Å². The number of allylic oxidation sites excluding steroid dienone is 1. The van der Waals surface area contributed by atoms with Crippen molar-refractivity contribution in [3.63, 3.8) is 0 Å². The highest BCUT2D eigenvalue weighted by Crippen LogP contribution is 2.38. The van der Waals surface area contributed by atoms with E-state index in [-0.39, 0.29) is 11.5 Å². The van der Waals surface area contributed by atoms with E-state index < -0.39 is 6.04 Å². The van der Waals surface area contributed by atoms with Crippen molar-refractivity contribution < 1.29 is 23.7 Å². The number of rotatable bonds is 11. The van der Waals surface area contributed by atoms with Crippen molar-refractivity contribution in [1.29, 1.82) is 0 Å². The maximum atomic E-state index is 14.1. The van der Waals surface area contributed by atoms with E-state index in [4.69, 9.17) is 23.9 Å². The van der Waals surface area contributed by atoms with E-state index in [1.165, 1.54) is 11.3 Å². The highest BCUT2D eigenvalue weighted by atomic mass is 32.1. The van der Waals surface area contributed by atoms with Crippen LogP contribution in [0.3, 0.4) is 0 Å². The minimum atomic E-state index is -0.758. The van der Waals surface area contributed by atoms with Crippen LogP contribution in [0.5, 0.6) is 23.0 Å². The minimum Gasteiger partial charge on any atom is -0.497 e. The summed E-state index contributed by atoms with van der Waals surface area (Å²) in [6.45, 7) is 11.6. The van der Waals surface area contributed by atoms with Crippen LogP contribution >= 0.6 is 11.3 Å². The molecule has 2 heterocycles. The monoisotopic (exact) mass is 579 g/mol. The molecule has 0 saturated heterocycles. The molecule has 0 spiro atoms. The maximum absolute atomic E-state index is 14.1. The van der Waals surface area contributed by atoms with Gasteiger partial charge in [0.25, 0.3) is 11.5 Å². The molecule has 1 aliphatic rings. The first-order chi connectivity index (χ1) is 19.8. The highest BCUT2D eigenvalue weighted by molar-refractivity contribution is 7.07. The predicted molar refractivity (Wildman–Crippen MR) is 160 cm³/mol. The third-order valence-electron chi connectivity index (χ3n) is 6.90. The zero-order valence-electron chi connectivity index (χ0n) is 24.6. The fourth-order valence-electron chi connectivity index (χ4n) is 4.93. The standard InChI is InChI=1S/C31H37N3O6S/c1-8-33(9-2)30(36)27-19(5)32-31-34(28(27)22-18-21(37-6)13-15-23(22)38-7)29(35)26(41-31)17-20-12-14-24(39-10-3)25(16-20)40-11-4/h12-18,28H,8-11H2,1-7H3/b26-17+/t28-/m0/s1. The molecule has 1 aliphatic heterocycles. The van der Waals surface area contributed by atoms with Gasteiger partial charge in [0.05, 0.1) is 43.2 Å². The van der Waals surface area contributed by atoms with Gasteiger partial charge in [0, 0.05) is 18.7 Å². The number of carbonyl (C=O) groups excluding carboxylic acids is 1. The van der Waals surface area contributed by atoms with E-state index in [1.54, 1.807) is 35.8 Å². The van der Waals surface area contributed by atoms with Crippen molar-refractivity contribution in [2.24, 2.45) is 4.99 Å². The van der Waals surface area contributed by atoms with Gasteiger partial charge in [-0.15, -0.1) is 0 Å². The molecule has 0 N–H and O–H groups in total. The van der Waals surface area contributed by atoms with Gasteiger partial charge in [-0.25, -0.2) is 4.99 Å². The van der Waals surface area contributed by atoms with Crippen molar-refractivity contribution >= 4 is 23.3 Å². The Morgan fingerprint density at radius 3 is 2.29 bits per heavy atom. The van der Waals surface area contributed by atoms with Crippen LogP contribution in [0.2, 0.25) is 0 Å². The molecular formula is C31H37N3O6S. The second-order valence-corrected chi connectivity index (χ2v) is 10.2. The summed E-state index contributed by atoms with van der Waals surface area (Å²) >= 11 is 1.27. The number of likely N-dealkylation sites (N-methyl/N-ethyl adjacent to an activating group) is 1. The number of carbonyl (C=O) groups is 1. The molecule has 1 aromatic heterocycles. The van der Waals surface area contributed by atoms with Crippen LogP contribution in [-0.2, 0) is 4.79 Å². The van der Waals surface area contributed by atoms with E-state index in [1.807, 2.05) is 65.0 Å². The third kappa shape index (κ3) is 5.88. The zero-order chi connectivity index (χ0) is 29.7. The molecule has 10 heteroatoms. The van der Waals surface area contributed by atoms with Crippen LogP contribution in [0.15, 0.2) is 57.5 Å². The van der Waals surface area contributed by atoms with Gasteiger partial charge in [0.15, 0.2) is 16.3 Å². The number of ether oxygens (including phenoxy) is 4. The van der Waals surface area contributed by atoms with Crippen molar-refractivity contribution in [2.75, 3.05) is 40.5 Å². The van der Waals surface area contributed by atoms with Gasteiger partial charge in [0.2, 0.25) is 0 Å². The van der Waals surface area contributed by atoms with Crippen molar-refractivity contribution in [3.8, 4) is 23.0 Å². The van der Waals surface area contributed by atoms with E-state index in [9.17, 15) is 9.59 Å². The number of aromatic nitrogens is 1. The second kappa shape index (κ2) is 13.1. The fourth-order valence-corrected chi connectivity index (χ4v) is 5.98. The first kappa shape index (κ1) is 29.9. The van der Waals surface area contributed by atoms with Crippen molar-refractivity contribution in [2.45, 2.75) is 40.7 Å². The Labute approximate surface area is 244 Å². The molecule has 0 radical (unpaired) electrons. The second-order valence-electron chi connectivity index (χ2n) is 9.24. The third-order valence-corrected chi connectivity index (χ3v) is 7.88. The summed E-state index contributed by atoms with van der Waals surface area (Å²) < 4.78 is 24.8. The number of methoxy groups -OCH3 is 2. The number of benzene rings is 2. The van der Waals surface area contributed by atoms with Crippen LogP contribution < -0.4 is 33.8 Å². The summed E-state index contributed by atoms with van der Waals surface area (Å²) in [5, 5.41) is 0. The molecule has 3 aromatic rings. The molecule has 0 bridgehead atoms. The van der Waals surface area contributed by atoms with Gasteiger partial charge >= 0.3 is 0 Å². The molecule has 1 amide bonds. The Kier molecular flexibility index (Phi) is 9.54. The lowest BCUT2D eigenvalue weighted by Crippen LogP contribution is -2.43. The van der Waals surface area contributed by atoms with Gasteiger partial charge in [-0.05, 0) is 76.6 Å². The molecule has 218 valence electrons. The van der Waals surface area contributed by atoms with Gasteiger partial charge in [-0.2, -0.15) is 0 Å². The van der Waals surface area contributed by atoms with E-state index in [0.717, 1.165) is 5.56 Å². The van der Waals surface area contributed by atoms with Gasteiger partial charge in [-0.3, -0.25) is 14.2 Å². The number of fused-ring (bicyclic) bond motifs is 1. The molecule has 0 aliphatic carbocycles. The molecule has 9 nitrogen and oxygen atoms in total. The first-order valence-corrected chi connectivity index (χ1v) is 14.6. The SMILES string of the molecule is CCOc1ccc(/C=c2/sc3n(c2=O)[C@@H](c2cc(OC)ccc2OC)C(C(=O)N(CC)CC)=C(C)N=3)cc1OCC. The molecule has 41 heavy (non-hydrogen) atoms. The summed E-state index contributed by atoms with van der Waals surface area (Å²) in [5.74, 6) is 2.21. The molecule has 0 fully saturated rings. The summed E-state index contributed by atoms with van der Waals surface area (Å²) in [7, 11) is 3.15. The molecule has 1 atom stereocenters. The molecule has 4 rings (SSSR count). The summed E-state index contributed by atoms with van der Waals surface area (Å²) in [6.07, 6.45) is 1.81. The Morgan fingerprint density at radius 1 is 0.976 bits per heavy atom. The van der Waals surface area contributed by atoms with Crippen LogP contribution in [0.25, 0.3) is 6.08 Å². The quantitative estimate of drug-likeness (QED) is 0.342. The predicted octanol–water partition coefficient (Wildman–Crippen LogP) is 3.92. The largest absolute Gasteiger partial charge is 0.497 e. The van der Waals surface area contributed by atoms with Gasteiger partial charge < -0.3 is 23.8 Å². The first-order valence-electron chi connectivity index (χ1n) is 13.7. The number of thiazole rings is 1. The lowest BCUT2D eigenvalue weighted by Gasteiger charge is -2.30. The topological polar surface area (TPSA) is 91.6 Å². The van der Waals surface area contributed by atoms with Crippen molar-refractivity contribution in [3.05, 3.63) is 78.5 Å². The number of nitrogens with zero attached hydrogens (tertiary/aromatic N) is 3. The van der Waals surface area contributed by atoms with E-state index in [2.05, 4.69) is 0 Å². The number of amides is 1. The molecule has 0 saturated carbocycles. The number of hydrogen-bond donors (Lipinski definition) is 0. The van der Waals surface area contributed by atoms with Crippen molar-refractivity contribution in [1.82, 2.24) is 9.47 Å². The minimum absolute atomic E-state index is 0.173. The fraction of sp³-hybridized carbons (Fsp3) is 0.387. The Hall–Kier alpha value is -4.05. The molecule has 0 unspecified atom stereocenters. The van der Waals surface area contributed by atoms with Crippen LogP contribution in [0.4, 0.5) is 0 Å². The van der Waals surface area contributed by atoms with Crippen LogP contribution in [0.1, 0.15) is 51.8 Å². The smallest absolute Gasteiger partial charge is 0.271 e. The molecule has 2 aromatic carbocycles. The Morgan fingerprint density at radius 2 is 1.66 bits per heavy atom. The Balaban J connectivity index is 1.97. The molecular weight excluding hydrogens is 542 g/mol. The summed E-state index contributed by atoms with van der Waals surface area (Å²) in [4.78, 5) is 35.0. The van der Waals surface area contributed by atoms with E-state index in [0.29, 0.717) is 75.5 Å². The van der Waals surface area contributed by atoms with Crippen LogP contribution in [-0.4, -0.2) is 55.9 Å². The lowest BCUT2D eigenvalue weighted by molar-refractivity contribution is -0.127. The van der Waals surface area contributed by atoms with E-state index >= 15 is 0 Å². The number of hydrogen-bond acceptors (Lipinski definition) is 8. The average molecular weight is 580 g/mol. The summed E-state index contributed by atoms with van der Waals surface area (Å²) in [5.41, 5.74) is 2.16. The zero-order valence-corrected chi connectivity index (χ0v) is 25.5. The average Bonchev–Trinajstić information content (AvgIpc) is 3.27. The normalized spacial score (nSPS) is 14.8. The lowest BCUT2D eigenvalue weighted by atomic mass is 9.93. The highest BCUT2D eigenvalue weighted by Gasteiger charge is 2.36. The maximum Gasteiger partial charge on any atom is 0.271 e. The Bertz CT molecular complexity index is 1630. The summed E-state index contributed by atoms with van der Waals surface area (Å²) in [6, 6.07) is 10.2. The van der Waals surface area contributed by atoms with Gasteiger partial charge in [-0.1, -0.05) is 17.4 Å².